The molecule has 0 radical (unpaired) electrons. The first-order chi connectivity index (χ1) is 7.75. The van der Waals surface area contributed by atoms with E-state index in [0.29, 0.717) is 12.1 Å². The smallest absolute Gasteiger partial charge is 0.314 e. The van der Waals surface area contributed by atoms with E-state index in [1.807, 2.05) is 0 Å². The van der Waals surface area contributed by atoms with Gasteiger partial charge in [0, 0.05) is 19.1 Å². The molecule has 1 aliphatic heterocycles. The molecule has 92 valence electrons. The highest BCUT2D eigenvalue weighted by Crippen LogP contribution is 2.20. The van der Waals surface area contributed by atoms with E-state index in [-0.39, 0.29) is 6.03 Å². The largest absolute Gasteiger partial charge is 0.351 e. The van der Waals surface area contributed by atoms with E-state index in [1.165, 1.54) is 25.7 Å². The standard InChI is InChI=1S/C11H21N3O2/c12-11(15)14-7-5-9(6-8-14)13-16-10-3-1-2-4-10/h9-10,13H,1-8H2,(H2,12,15). The van der Waals surface area contributed by atoms with Crippen molar-refractivity contribution in [2.75, 3.05) is 13.1 Å². The molecular weight excluding hydrogens is 206 g/mol. The third-order valence-corrected chi connectivity index (χ3v) is 3.51. The molecule has 0 aromatic heterocycles. The average molecular weight is 227 g/mol. The molecule has 5 heteroatoms. The highest BCUT2D eigenvalue weighted by Gasteiger charge is 2.23. The SMILES string of the molecule is NC(=O)N1CCC(NOC2CCCC2)CC1. The van der Waals surface area contributed by atoms with Crippen molar-refractivity contribution >= 4 is 6.03 Å². The molecule has 0 aromatic rings. The molecule has 3 N–H and O–H groups in total. The fourth-order valence-electron chi connectivity index (χ4n) is 2.42. The monoisotopic (exact) mass is 227 g/mol. The van der Waals surface area contributed by atoms with Gasteiger partial charge in [0.2, 0.25) is 0 Å². The summed E-state index contributed by atoms with van der Waals surface area (Å²) in [4.78, 5) is 18.3. The van der Waals surface area contributed by atoms with Gasteiger partial charge in [0.1, 0.15) is 0 Å². The van der Waals surface area contributed by atoms with Crippen LogP contribution >= 0.6 is 0 Å². The van der Waals surface area contributed by atoms with Gasteiger partial charge in [-0.2, -0.15) is 5.48 Å². The predicted molar refractivity (Wildman–Crippen MR) is 60.7 cm³/mol. The number of piperidine rings is 1. The van der Waals surface area contributed by atoms with E-state index in [4.69, 9.17) is 10.6 Å². The Kier molecular flexibility index (Phi) is 4.01. The molecule has 2 amide bonds. The van der Waals surface area contributed by atoms with Crippen LogP contribution in [-0.4, -0.2) is 36.2 Å². The third kappa shape index (κ3) is 3.09. The van der Waals surface area contributed by atoms with E-state index in [9.17, 15) is 4.79 Å². The minimum Gasteiger partial charge on any atom is -0.351 e. The normalized spacial score (nSPS) is 23.9. The Morgan fingerprint density at radius 3 is 2.38 bits per heavy atom. The number of rotatable bonds is 3. The van der Waals surface area contributed by atoms with Crippen molar-refractivity contribution in [2.45, 2.75) is 50.7 Å². The minimum atomic E-state index is -0.310. The van der Waals surface area contributed by atoms with Crippen LogP contribution in [-0.2, 0) is 4.84 Å². The lowest BCUT2D eigenvalue weighted by Crippen LogP contribution is -2.47. The minimum absolute atomic E-state index is 0.310. The van der Waals surface area contributed by atoms with Crippen LogP contribution in [0.4, 0.5) is 4.79 Å². The summed E-state index contributed by atoms with van der Waals surface area (Å²) in [6.45, 7) is 1.47. The van der Waals surface area contributed by atoms with Crippen molar-refractivity contribution in [2.24, 2.45) is 5.73 Å². The number of nitrogens with one attached hydrogen (secondary N) is 1. The Labute approximate surface area is 96.3 Å². The Balaban J connectivity index is 1.63. The summed E-state index contributed by atoms with van der Waals surface area (Å²) in [5, 5.41) is 0. The molecule has 0 atom stereocenters. The molecule has 1 saturated heterocycles. The number of hydrogen-bond donors (Lipinski definition) is 2. The second kappa shape index (κ2) is 5.50. The van der Waals surface area contributed by atoms with Crippen molar-refractivity contribution in [3.8, 4) is 0 Å². The lowest BCUT2D eigenvalue weighted by Gasteiger charge is -2.31. The number of primary amides is 1. The Morgan fingerprint density at radius 1 is 1.19 bits per heavy atom. The molecule has 5 nitrogen and oxygen atoms in total. The second-order valence-electron chi connectivity index (χ2n) is 4.74. The number of hydroxylamine groups is 1. The number of urea groups is 1. The lowest BCUT2D eigenvalue weighted by molar-refractivity contribution is -0.0485. The first-order valence-electron chi connectivity index (χ1n) is 6.21. The van der Waals surface area contributed by atoms with Crippen molar-refractivity contribution < 1.29 is 9.63 Å². The zero-order valence-electron chi connectivity index (χ0n) is 9.65. The van der Waals surface area contributed by atoms with Crippen LogP contribution < -0.4 is 11.2 Å². The van der Waals surface area contributed by atoms with Gasteiger partial charge in [0.15, 0.2) is 0 Å². The predicted octanol–water partition coefficient (Wildman–Crippen LogP) is 0.993. The summed E-state index contributed by atoms with van der Waals surface area (Å²) in [7, 11) is 0. The Morgan fingerprint density at radius 2 is 1.81 bits per heavy atom. The Bertz CT molecular complexity index is 233. The molecule has 16 heavy (non-hydrogen) atoms. The Hall–Kier alpha value is -0.810. The number of nitrogens with two attached hydrogens (primary N) is 1. The summed E-state index contributed by atoms with van der Waals surface area (Å²) in [5.74, 6) is 0. The van der Waals surface area contributed by atoms with Gasteiger partial charge in [-0.3, -0.25) is 4.84 Å². The van der Waals surface area contributed by atoms with Gasteiger partial charge in [-0.05, 0) is 25.7 Å². The maximum atomic E-state index is 10.9. The fraction of sp³-hybridized carbons (Fsp3) is 0.909. The van der Waals surface area contributed by atoms with E-state index in [2.05, 4.69) is 5.48 Å². The molecule has 0 spiro atoms. The van der Waals surface area contributed by atoms with Crippen LogP contribution in [0, 0.1) is 0 Å². The quantitative estimate of drug-likeness (QED) is 0.707. The summed E-state index contributed by atoms with van der Waals surface area (Å²) in [5.41, 5.74) is 8.37. The third-order valence-electron chi connectivity index (χ3n) is 3.51. The molecule has 1 aliphatic carbocycles. The first-order valence-corrected chi connectivity index (χ1v) is 6.21. The molecule has 2 aliphatic rings. The van der Waals surface area contributed by atoms with Gasteiger partial charge in [-0.25, -0.2) is 4.79 Å². The van der Waals surface area contributed by atoms with E-state index in [1.54, 1.807) is 4.90 Å². The molecule has 2 rings (SSSR count). The summed E-state index contributed by atoms with van der Waals surface area (Å²) >= 11 is 0. The maximum absolute atomic E-state index is 10.9. The zero-order valence-corrected chi connectivity index (χ0v) is 9.65. The summed E-state index contributed by atoms with van der Waals surface area (Å²) < 4.78 is 0. The molecule has 1 saturated carbocycles. The van der Waals surface area contributed by atoms with Gasteiger partial charge in [0.05, 0.1) is 6.10 Å². The van der Waals surface area contributed by atoms with Crippen molar-refractivity contribution in [1.29, 1.82) is 0 Å². The first kappa shape index (κ1) is 11.7. The number of hydrogen-bond acceptors (Lipinski definition) is 3. The van der Waals surface area contributed by atoms with E-state index >= 15 is 0 Å². The van der Waals surface area contributed by atoms with Crippen LogP contribution in [0.25, 0.3) is 0 Å². The van der Waals surface area contributed by atoms with Crippen LogP contribution in [0.15, 0.2) is 0 Å². The van der Waals surface area contributed by atoms with Crippen molar-refractivity contribution in [3.63, 3.8) is 0 Å². The summed E-state index contributed by atoms with van der Waals surface area (Å²) in [6.07, 6.45) is 7.17. The molecule has 0 unspecified atom stereocenters. The average Bonchev–Trinajstić information content (AvgIpc) is 2.80. The molecular formula is C11H21N3O2. The molecule has 0 bridgehead atoms. The topological polar surface area (TPSA) is 67.6 Å². The number of carbonyl (C=O) groups excluding carboxylic acids is 1. The van der Waals surface area contributed by atoms with Gasteiger partial charge < -0.3 is 10.6 Å². The number of nitrogens with zero attached hydrogens (tertiary/aromatic N) is 1. The van der Waals surface area contributed by atoms with Gasteiger partial charge in [-0.1, -0.05) is 12.8 Å². The van der Waals surface area contributed by atoms with Crippen molar-refractivity contribution in [1.82, 2.24) is 10.4 Å². The van der Waals surface area contributed by atoms with Crippen LogP contribution in [0.5, 0.6) is 0 Å². The highest BCUT2D eigenvalue weighted by atomic mass is 16.7. The van der Waals surface area contributed by atoms with E-state index in [0.717, 1.165) is 25.9 Å². The molecule has 1 heterocycles. The van der Waals surface area contributed by atoms with Crippen LogP contribution in [0.2, 0.25) is 0 Å². The van der Waals surface area contributed by atoms with E-state index < -0.39 is 0 Å². The number of amides is 2. The fourth-order valence-corrected chi connectivity index (χ4v) is 2.42. The van der Waals surface area contributed by atoms with Gasteiger partial charge in [-0.15, -0.1) is 0 Å². The number of carbonyl (C=O) groups is 1. The lowest BCUT2D eigenvalue weighted by atomic mass is 10.1. The van der Waals surface area contributed by atoms with Crippen molar-refractivity contribution in [3.05, 3.63) is 0 Å². The number of likely N-dealkylation sites (tertiary alicyclic amines) is 1. The second-order valence-corrected chi connectivity index (χ2v) is 4.74. The molecule has 2 fully saturated rings. The zero-order chi connectivity index (χ0) is 11.4. The summed E-state index contributed by atoms with van der Waals surface area (Å²) in [6, 6.07) is 0.0614. The molecule has 0 aromatic carbocycles. The highest BCUT2D eigenvalue weighted by molar-refractivity contribution is 5.72. The van der Waals surface area contributed by atoms with Gasteiger partial charge in [0.25, 0.3) is 0 Å². The van der Waals surface area contributed by atoms with Gasteiger partial charge >= 0.3 is 6.03 Å². The van der Waals surface area contributed by atoms with Crippen LogP contribution in [0.3, 0.4) is 0 Å². The van der Waals surface area contributed by atoms with Crippen LogP contribution in [0.1, 0.15) is 38.5 Å². The maximum Gasteiger partial charge on any atom is 0.314 e.